The number of phosphoric acid groups is 1. The van der Waals surface area contributed by atoms with E-state index in [4.69, 9.17) is 9.26 Å². The molecule has 2 fully saturated rings. The average Bonchev–Trinajstić information content (AvgIpc) is 3.45. The van der Waals surface area contributed by atoms with E-state index in [0.717, 1.165) is 5.56 Å². The van der Waals surface area contributed by atoms with Crippen LogP contribution in [0.4, 0.5) is 0 Å². The van der Waals surface area contributed by atoms with Gasteiger partial charge in [0.15, 0.2) is 17.4 Å². The molecule has 2 aliphatic heterocycles. The summed E-state index contributed by atoms with van der Waals surface area (Å²) in [7, 11) is -4.50. The highest BCUT2D eigenvalue weighted by Crippen LogP contribution is 2.49. The summed E-state index contributed by atoms with van der Waals surface area (Å²) in [5.41, 5.74) is 1.44. The van der Waals surface area contributed by atoms with E-state index in [0.29, 0.717) is 5.69 Å². The highest BCUT2D eigenvalue weighted by Gasteiger charge is 2.50. The molecule has 5 heterocycles. The van der Waals surface area contributed by atoms with Gasteiger partial charge in [0.25, 0.3) is 13.4 Å². The topological polar surface area (TPSA) is 156 Å². The van der Waals surface area contributed by atoms with Crippen LogP contribution in [0.5, 0.6) is 0 Å². The van der Waals surface area contributed by atoms with Gasteiger partial charge in [0.2, 0.25) is 5.78 Å². The Balaban J connectivity index is 1.44. The van der Waals surface area contributed by atoms with Crippen molar-refractivity contribution in [3.8, 4) is 11.3 Å². The van der Waals surface area contributed by atoms with E-state index < -0.39 is 37.9 Å². The zero-order chi connectivity index (χ0) is 21.3. The van der Waals surface area contributed by atoms with E-state index in [9.17, 15) is 19.4 Å². The molecule has 160 valence electrons. The number of phosphoric ester groups is 1. The molecule has 0 aliphatic carbocycles. The summed E-state index contributed by atoms with van der Waals surface area (Å²) >= 11 is 0. The van der Waals surface area contributed by atoms with Crippen molar-refractivity contribution < 1.29 is 28.3 Å². The first-order chi connectivity index (χ1) is 14.9. The van der Waals surface area contributed by atoms with Crippen LogP contribution in [0.1, 0.15) is 6.23 Å². The zero-order valence-corrected chi connectivity index (χ0v) is 16.6. The van der Waals surface area contributed by atoms with E-state index in [-0.39, 0.29) is 23.5 Å². The van der Waals surface area contributed by atoms with Crippen LogP contribution in [-0.2, 0) is 18.3 Å². The molecular weight excluding hydrogens is 429 g/mol. The lowest BCUT2D eigenvalue weighted by atomic mass is 10.1. The number of aromatic amines is 1. The molecule has 0 amide bonds. The van der Waals surface area contributed by atoms with Crippen molar-refractivity contribution >= 4 is 24.8 Å². The van der Waals surface area contributed by atoms with Gasteiger partial charge in [0, 0.05) is 6.20 Å². The van der Waals surface area contributed by atoms with Crippen molar-refractivity contribution in [1.82, 2.24) is 23.9 Å². The lowest BCUT2D eigenvalue weighted by molar-refractivity contribution is -0.245. The van der Waals surface area contributed by atoms with Crippen molar-refractivity contribution in [2.45, 2.75) is 24.5 Å². The minimum absolute atomic E-state index is 0.0773. The summed E-state index contributed by atoms with van der Waals surface area (Å²) in [6.45, 7) is -0.275. The normalized spacial score (nSPS) is 30.8. The molecule has 3 aromatic heterocycles. The van der Waals surface area contributed by atoms with Crippen molar-refractivity contribution in [1.29, 1.82) is 0 Å². The Morgan fingerprint density at radius 2 is 2.10 bits per heavy atom. The Hall–Kier alpha value is -2.86. The van der Waals surface area contributed by atoms with E-state index in [1.165, 1.54) is 15.3 Å². The molecule has 1 aromatic carbocycles. The number of hydrogen-bond acceptors (Lipinski definition) is 9. The summed E-state index contributed by atoms with van der Waals surface area (Å²) < 4.78 is 29.6. The molecule has 0 spiro atoms. The van der Waals surface area contributed by atoms with E-state index in [1.807, 2.05) is 30.3 Å². The smallest absolute Gasteiger partial charge is 0.287 e. The standard InChI is InChI=1S/C18H16N5O7P/c24-13-14-11(7-28-31(26,27)30-14)29-17(13)23-8-19-12-15(23)21-18-20-10(6-22(18)16(12)25)9-4-2-1-3-5-9/h1-6,8,11,13-14,17,24H,7H2,(H,20,21)(H,26,27)/p-1/t11-,13-,14-,17-/m1/s1. The van der Waals surface area contributed by atoms with E-state index in [1.54, 1.807) is 6.20 Å². The SMILES string of the molecule is O=c1c2ncn([C@@H]3O[C@@H]4COP(=O)([O-])O[C@H]4[C@H]3O)c2nc2[nH]c(-c3ccccc3)cn12. The molecule has 13 heteroatoms. The quantitative estimate of drug-likeness (QED) is 0.412. The van der Waals surface area contributed by atoms with Crippen LogP contribution in [0.2, 0.25) is 0 Å². The van der Waals surface area contributed by atoms with Crippen molar-refractivity contribution in [2.24, 2.45) is 0 Å². The fourth-order valence-corrected chi connectivity index (χ4v) is 4.93. The molecule has 4 aromatic rings. The molecular formula is C18H15N5O7P-. The number of nitrogens with one attached hydrogen (secondary N) is 1. The highest BCUT2D eigenvalue weighted by atomic mass is 31.2. The number of aromatic nitrogens is 5. The van der Waals surface area contributed by atoms with Crippen LogP contribution in [0, 0.1) is 0 Å². The number of fused-ring (bicyclic) bond motifs is 3. The molecule has 31 heavy (non-hydrogen) atoms. The molecule has 5 atom stereocenters. The largest absolute Gasteiger partial charge is 0.756 e. The van der Waals surface area contributed by atoms with Gasteiger partial charge < -0.3 is 28.8 Å². The van der Waals surface area contributed by atoms with E-state index >= 15 is 0 Å². The number of hydrogen-bond donors (Lipinski definition) is 2. The molecule has 0 saturated carbocycles. The van der Waals surface area contributed by atoms with Gasteiger partial charge in [-0.05, 0) is 5.56 Å². The number of ether oxygens (including phenoxy) is 1. The minimum atomic E-state index is -4.50. The monoisotopic (exact) mass is 444 g/mol. The molecule has 1 unspecified atom stereocenters. The first-order valence-electron chi connectivity index (χ1n) is 9.42. The molecule has 0 radical (unpaired) electrons. The van der Waals surface area contributed by atoms with Crippen LogP contribution in [-0.4, -0.2) is 53.9 Å². The van der Waals surface area contributed by atoms with Crippen molar-refractivity contribution in [2.75, 3.05) is 6.61 Å². The van der Waals surface area contributed by atoms with Crippen molar-refractivity contribution in [3.63, 3.8) is 0 Å². The predicted octanol–water partition coefficient (Wildman–Crippen LogP) is 0.181. The second-order valence-electron chi connectivity index (χ2n) is 7.34. The number of aliphatic hydroxyl groups is 1. The van der Waals surface area contributed by atoms with Crippen LogP contribution in [0.15, 0.2) is 47.7 Å². The molecule has 2 saturated heterocycles. The maximum Gasteiger partial charge on any atom is 0.287 e. The Bertz CT molecular complexity index is 1410. The third kappa shape index (κ3) is 2.88. The second-order valence-corrected chi connectivity index (χ2v) is 8.70. The number of aliphatic hydroxyl groups excluding tert-OH is 1. The lowest BCUT2D eigenvalue weighted by Crippen LogP contribution is -2.41. The van der Waals surface area contributed by atoms with Crippen LogP contribution in [0.3, 0.4) is 0 Å². The number of benzene rings is 1. The number of H-pyrrole nitrogens is 1. The number of nitrogens with zero attached hydrogens (tertiary/aromatic N) is 4. The molecule has 0 bridgehead atoms. The Labute approximate surface area is 173 Å². The van der Waals surface area contributed by atoms with Crippen LogP contribution in [0.25, 0.3) is 28.2 Å². The average molecular weight is 444 g/mol. The van der Waals surface area contributed by atoms with Gasteiger partial charge in [-0.1, -0.05) is 30.3 Å². The fourth-order valence-electron chi connectivity index (χ4n) is 3.98. The molecule has 2 N–H and O–H groups in total. The van der Waals surface area contributed by atoms with Crippen LogP contribution < -0.4 is 10.5 Å². The minimum Gasteiger partial charge on any atom is -0.756 e. The van der Waals surface area contributed by atoms with Gasteiger partial charge in [-0.15, -0.1) is 0 Å². The molecule has 12 nitrogen and oxygen atoms in total. The van der Waals surface area contributed by atoms with Gasteiger partial charge in [-0.25, -0.2) is 9.38 Å². The van der Waals surface area contributed by atoms with E-state index in [2.05, 4.69) is 19.5 Å². The number of rotatable bonds is 2. The summed E-state index contributed by atoms with van der Waals surface area (Å²) in [4.78, 5) is 36.3. The van der Waals surface area contributed by atoms with Gasteiger partial charge in [-0.2, -0.15) is 4.98 Å². The highest BCUT2D eigenvalue weighted by molar-refractivity contribution is 7.45. The maximum atomic E-state index is 13.0. The van der Waals surface area contributed by atoms with Gasteiger partial charge in [-0.3, -0.25) is 13.9 Å². The third-order valence-corrected chi connectivity index (χ3v) is 6.42. The first-order valence-corrected chi connectivity index (χ1v) is 10.9. The first kappa shape index (κ1) is 18.9. The Morgan fingerprint density at radius 1 is 1.29 bits per heavy atom. The second kappa shape index (κ2) is 6.57. The molecule has 6 rings (SSSR count). The summed E-state index contributed by atoms with van der Waals surface area (Å²) in [5.74, 6) is 0.284. The summed E-state index contributed by atoms with van der Waals surface area (Å²) in [6, 6.07) is 9.45. The van der Waals surface area contributed by atoms with Gasteiger partial charge in [0.1, 0.15) is 18.3 Å². The number of imidazole rings is 2. The fraction of sp³-hybridized carbons (Fsp3) is 0.278. The molecule has 2 aliphatic rings. The van der Waals surface area contributed by atoms with Crippen LogP contribution >= 0.6 is 7.82 Å². The lowest BCUT2D eigenvalue weighted by Gasteiger charge is -2.34. The zero-order valence-electron chi connectivity index (χ0n) is 15.7. The third-order valence-electron chi connectivity index (χ3n) is 5.45. The predicted molar refractivity (Wildman–Crippen MR) is 103 cm³/mol. The van der Waals surface area contributed by atoms with Gasteiger partial charge >= 0.3 is 0 Å². The maximum absolute atomic E-state index is 13.0. The summed E-state index contributed by atoms with van der Waals surface area (Å²) in [5, 5.41) is 10.6. The summed E-state index contributed by atoms with van der Waals surface area (Å²) in [6.07, 6.45) is -1.35. The Morgan fingerprint density at radius 3 is 2.90 bits per heavy atom. The Kier molecular flexibility index (Phi) is 4.00. The van der Waals surface area contributed by atoms with Gasteiger partial charge in [0.05, 0.1) is 18.6 Å². The van der Waals surface area contributed by atoms with Crippen molar-refractivity contribution in [3.05, 3.63) is 53.2 Å².